The molecule has 0 aliphatic carbocycles. The van der Waals surface area contributed by atoms with Crippen LogP contribution in [0.4, 0.5) is 28.8 Å². The van der Waals surface area contributed by atoms with Gasteiger partial charge in [-0.05, 0) is 19.9 Å². The summed E-state index contributed by atoms with van der Waals surface area (Å²) in [5.74, 6) is 1.89. The van der Waals surface area contributed by atoms with Crippen molar-refractivity contribution < 1.29 is 19.0 Å². The number of nitrogens with one attached hydrogen (secondary N) is 2. The van der Waals surface area contributed by atoms with E-state index >= 15 is 0 Å². The van der Waals surface area contributed by atoms with Crippen LogP contribution in [0.15, 0.2) is 41.0 Å². The average Bonchev–Trinajstić information content (AvgIpc) is 2.96. The van der Waals surface area contributed by atoms with E-state index in [1.807, 2.05) is 19.1 Å². The second kappa shape index (κ2) is 12.9. The molecule has 0 spiro atoms. The molecule has 240 valence electrons. The van der Waals surface area contributed by atoms with E-state index in [-0.39, 0.29) is 0 Å². The molecule has 0 unspecified atom stereocenters. The standard InChI is InChI=1S/C31H45BrN7O4P/c1-21-7-8-25(29(17-21)43-44(5,6,40)41)34-30-24(32)20-33-31(36-30)35-26-18-22(2)27(19-28(26)42-4)39-11-9-23(10-12-39)38-15-13-37(3)14-16-38/h7-8,17-20,23,40-41H,9-16H2,1-6H3,(H2,33,34,35,36). The fourth-order valence-corrected chi connectivity index (χ4v) is 6.81. The third-order valence-corrected chi connectivity index (χ3v) is 9.43. The monoisotopic (exact) mass is 689 g/mol. The van der Waals surface area contributed by atoms with Crippen LogP contribution in [0.1, 0.15) is 24.0 Å². The van der Waals surface area contributed by atoms with Gasteiger partial charge in [-0.15, -0.1) is 0 Å². The van der Waals surface area contributed by atoms with Crippen molar-refractivity contribution in [1.82, 2.24) is 19.8 Å². The van der Waals surface area contributed by atoms with Crippen LogP contribution in [0.3, 0.4) is 0 Å². The molecule has 2 aromatic carbocycles. The molecular formula is C31H45BrN7O4P. The van der Waals surface area contributed by atoms with Crippen molar-refractivity contribution >= 4 is 52.0 Å². The molecule has 0 saturated carbocycles. The second-order valence-corrected chi connectivity index (χ2v) is 17.3. The van der Waals surface area contributed by atoms with E-state index in [0.29, 0.717) is 39.5 Å². The number of aromatic nitrogens is 2. The molecule has 0 amide bonds. The Labute approximate surface area is 268 Å². The summed E-state index contributed by atoms with van der Waals surface area (Å²) >= 11 is 3.53. The number of rotatable bonds is 9. The number of piperidine rings is 1. The first-order valence-corrected chi connectivity index (χ1v) is 18.7. The maximum atomic E-state index is 10.4. The molecule has 0 bridgehead atoms. The van der Waals surface area contributed by atoms with Crippen LogP contribution in [-0.4, -0.2) is 102 Å². The van der Waals surface area contributed by atoms with E-state index in [1.54, 1.807) is 19.4 Å². The Kier molecular flexibility index (Phi) is 9.61. The fraction of sp³-hybridized carbons (Fsp3) is 0.484. The van der Waals surface area contributed by atoms with Gasteiger partial charge in [-0.25, -0.2) is 0 Å². The van der Waals surface area contributed by atoms with Crippen LogP contribution in [0, 0.1) is 13.8 Å². The number of aryl methyl sites for hydroxylation is 2. The molecule has 2 aliphatic heterocycles. The van der Waals surface area contributed by atoms with Crippen LogP contribution >= 0.6 is 23.2 Å². The summed E-state index contributed by atoms with van der Waals surface area (Å²) in [4.78, 5) is 37.5. The van der Waals surface area contributed by atoms with Gasteiger partial charge >= 0.3 is 190 Å². The minimum atomic E-state index is -4.28. The quantitative estimate of drug-likeness (QED) is 0.214. The van der Waals surface area contributed by atoms with Gasteiger partial charge in [-0.2, -0.15) is 0 Å². The van der Waals surface area contributed by atoms with Crippen molar-refractivity contribution in [1.29, 1.82) is 0 Å². The minimum absolute atomic E-state index is 0.318. The topological polar surface area (TPSA) is 118 Å². The molecule has 0 atom stereocenters. The van der Waals surface area contributed by atoms with Gasteiger partial charge in [-0.3, -0.25) is 4.90 Å². The van der Waals surface area contributed by atoms with Crippen molar-refractivity contribution in [3.05, 3.63) is 52.1 Å². The van der Waals surface area contributed by atoms with Crippen molar-refractivity contribution in [3.8, 4) is 11.5 Å². The maximum absolute atomic E-state index is 10.4. The van der Waals surface area contributed by atoms with E-state index in [1.165, 1.54) is 19.0 Å². The molecular weight excluding hydrogens is 645 g/mol. The Morgan fingerprint density at radius 2 is 1.64 bits per heavy atom. The Morgan fingerprint density at radius 1 is 0.932 bits per heavy atom. The molecule has 3 heterocycles. The molecule has 0 radical (unpaired) electrons. The summed E-state index contributed by atoms with van der Waals surface area (Å²) in [5, 5.41) is 6.57. The number of halogens is 1. The Hall–Kier alpha value is -2.73. The summed E-state index contributed by atoms with van der Waals surface area (Å²) in [6, 6.07) is 10.3. The van der Waals surface area contributed by atoms with Gasteiger partial charge in [0, 0.05) is 45.3 Å². The molecule has 5 rings (SSSR count). The summed E-state index contributed by atoms with van der Waals surface area (Å²) in [6.07, 6.45) is 3.98. The SMILES string of the molecule is COc1cc(N2CCC(N3CCN(C)CC3)CC2)c(C)cc1Nc1ncc(Br)c(Nc2ccc(C)cc2OP(C)(C)(O)O)n1. The van der Waals surface area contributed by atoms with Gasteiger partial charge in [0.25, 0.3) is 0 Å². The molecule has 1 aromatic heterocycles. The molecule has 2 fully saturated rings. The summed E-state index contributed by atoms with van der Waals surface area (Å²) in [7, 11) is -0.402. The van der Waals surface area contributed by atoms with Gasteiger partial charge in [0.15, 0.2) is 0 Å². The molecule has 13 heteroatoms. The first-order chi connectivity index (χ1) is 20.7. The van der Waals surface area contributed by atoms with Crippen LogP contribution in [-0.2, 0) is 0 Å². The average molecular weight is 691 g/mol. The van der Waals surface area contributed by atoms with Crippen LogP contribution in [0.2, 0.25) is 0 Å². The number of ether oxygens (including phenoxy) is 1. The van der Waals surface area contributed by atoms with E-state index in [2.05, 4.69) is 72.4 Å². The van der Waals surface area contributed by atoms with Crippen LogP contribution in [0.25, 0.3) is 0 Å². The van der Waals surface area contributed by atoms with Gasteiger partial charge < -0.3 is 9.80 Å². The molecule has 4 N–H and O–H groups in total. The number of anilines is 5. The summed E-state index contributed by atoms with van der Waals surface area (Å²) < 4.78 is 12.1. The van der Waals surface area contributed by atoms with E-state index < -0.39 is 7.28 Å². The summed E-state index contributed by atoms with van der Waals surface area (Å²) in [6.45, 7) is 13.3. The van der Waals surface area contributed by atoms with Gasteiger partial charge in [-0.1, -0.05) is 0 Å². The van der Waals surface area contributed by atoms with E-state index in [4.69, 9.17) is 14.2 Å². The number of benzene rings is 2. The number of nitrogens with zero attached hydrogens (tertiary/aromatic N) is 5. The Bertz CT molecular complexity index is 1480. The normalized spacial score (nSPS) is 18.0. The van der Waals surface area contributed by atoms with Crippen molar-refractivity contribution in [2.45, 2.75) is 32.7 Å². The predicted octanol–water partition coefficient (Wildman–Crippen LogP) is 5.49. The van der Waals surface area contributed by atoms with Crippen LogP contribution in [0.5, 0.6) is 11.5 Å². The number of likely N-dealkylation sites (N-methyl/N-ethyl adjacent to an activating group) is 1. The number of hydrogen-bond acceptors (Lipinski definition) is 11. The molecule has 3 aromatic rings. The molecule has 2 aliphatic rings. The Balaban J connectivity index is 1.31. The van der Waals surface area contributed by atoms with E-state index in [0.717, 1.165) is 68.9 Å². The zero-order valence-electron chi connectivity index (χ0n) is 26.5. The fourth-order valence-electron chi connectivity index (χ4n) is 5.80. The molecule has 11 nitrogen and oxygen atoms in total. The first-order valence-electron chi connectivity index (χ1n) is 15.0. The van der Waals surface area contributed by atoms with Crippen molar-refractivity contribution in [3.63, 3.8) is 0 Å². The zero-order valence-corrected chi connectivity index (χ0v) is 29.0. The molecule has 44 heavy (non-hydrogen) atoms. The number of methoxy groups -OCH3 is 1. The number of piperazine rings is 1. The van der Waals surface area contributed by atoms with Gasteiger partial charge in [0.2, 0.25) is 0 Å². The van der Waals surface area contributed by atoms with Gasteiger partial charge in [0.05, 0.1) is 0 Å². The summed E-state index contributed by atoms with van der Waals surface area (Å²) in [5.41, 5.74) is 4.56. The second-order valence-electron chi connectivity index (χ2n) is 12.5. The zero-order chi connectivity index (χ0) is 31.7. The molecule has 2 saturated heterocycles. The number of hydrogen-bond donors (Lipinski definition) is 4. The third-order valence-electron chi connectivity index (χ3n) is 8.12. The van der Waals surface area contributed by atoms with Gasteiger partial charge in [0.1, 0.15) is 0 Å². The van der Waals surface area contributed by atoms with Crippen molar-refractivity contribution in [2.24, 2.45) is 0 Å². The van der Waals surface area contributed by atoms with Crippen molar-refractivity contribution in [2.75, 3.05) is 82.3 Å². The predicted molar refractivity (Wildman–Crippen MR) is 183 cm³/mol. The van der Waals surface area contributed by atoms with E-state index in [9.17, 15) is 9.79 Å². The first kappa shape index (κ1) is 32.7. The van der Waals surface area contributed by atoms with Crippen LogP contribution < -0.4 is 24.8 Å². The Morgan fingerprint density at radius 3 is 2.30 bits per heavy atom. The third kappa shape index (κ3) is 8.29.